The van der Waals surface area contributed by atoms with Crippen LogP contribution >= 0.6 is 27.3 Å². The van der Waals surface area contributed by atoms with Crippen molar-refractivity contribution in [2.45, 2.75) is 25.8 Å². The molecule has 0 saturated carbocycles. The number of likely N-dealkylation sites (tertiary alicyclic amines) is 1. The summed E-state index contributed by atoms with van der Waals surface area (Å²) in [5.74, 6) is 0.283. The lowest BCUT2D eigenvalue weighted by Crippen LogP contribution is -2.41. The van der Waals surface area contributed by atoms with Gasteiger partial charge in [-0.3, -0.25) is 9.69 Å². The molecule has 2 unspecified atom stereocenters. The molecule has 1 aromatic carbocycles. The molecule has 2 heterocycles. The maximum Gasteiger partial charge on any atom is 0.307 e. The number of thiophene rings is 1. The number of hydrogen-bond acceptors (Lipinski definition) is 5. The van der Waals surface area contributed by atoms with E-state index < -0.39 is 5.97 Å². The molecule has 1 N–H and O–H groups in total. The Kier molecular flexibility index (Phi) is 6.44. The first-order chi connectivity index (χ1) is 12.9. The van der Waals surface area contributed by atoms with Gasteiger partial charge in [0, 0.05) is 20.8 Å². The molecule has 3 rings (SSSR count). The zero-order valence-electron chi connectivity index (χ0n) is 15.7. The number of benzene rings is 1. The van der Waals surface area contributed by atoms with Crippen molar-refractivity contribution < 1.29 is 19.4 Å². The highest BCUT2D eigenvalue weighted by molar-refractivity contribution is 9.10. The summed E-state index contributed by atoms with van der Waals surface area (Å²) in [7, 11) is 3.24. The van der Waals surface area contributed by atoms with Gasteiger partial charge in [0.2, 0.25) is 0 Å². The second kappa shape index (κ2) is 8.63. The molecule has 2 aromatic rings. The van der Waals surface area contributed by atoms with Crippen molar-refractivity contribution in [1.82, 2.24) is 4.90 Å². The van der Waals surface area contributed by atoms with E-state index in [0.29, 0.717) is 18.0 Å². The molecule has 0 radical (unpaired) electrons. The van der Waals surface area contributed by atoms with Gasteiger partial charge in [-0.1, -0.05) is 15.9 Å². The molecule has 1 fully saturated rings. The number of methoxy groups -OCH3 is 2. The third kappa shape index (κ3) is 4.31. The number of aliphatic carboxylic acids is 1. The monoisotopic (exact) mass is 453 g/mol. The zero-order valence-corrected chi connectivity index (χ0v) is 18.1. The third-order valence-corrected chi connectivity index (χ3v) is 6.74. The fourth-order valence-electron chi connectivity index (χ4n) is 3.65. The van der Waals surface area contributed by atoms with Crippen LogP contribution in [0.1, 0.15) is 34.2 Å². The second-order valence-corrected chi connectivity index (χ2v) is 8.93. The Morgan fingerprint density at radius 3 is 2.59 bits per heavy atom. The van der Waals surface area contributed by atoms with Crippen LogP contribution in [0.25, 0.3) is 0 Å². The van der Waals surface area contributed by atoms with Crippen LogP contribution < -0.4 is 9.47 Å². The molecule has 1 saturated heterocycles. The van der Waals surface area contributed by atoms with E-state index >= 15 is 0 Å². The highest BCUT2D eigenvalue weighted by atomic mass is 79.9. The standard InChI is InChI=1S/C20H24BrNO4S/c1-12-6-7-18(27-12)19(22-8-4-5-13(11-22)20(23)24)14-9-16(25-2)17(26-3)10-15(14)21/h6-7,9-10,13,19H,4-5,8,11H2,1-3H3,(H,23,24). The van der Waals surface area contributed by atoms with E-state index in [-0.39, 0.29) is 12.0 Å². The molecular weight excluding hydrogens is 430 g/mol. The van der Waals surface area contributed by atoms with Gasteiger partial charge < -0.3 is 14.6 Å². The highest BCUT2D eigenvalue weighted by Crippen LogP contribution is 2.43. The molecule has 5 nitrogen and oxygen atoms in total. The number of carboxylic acids is 1. The zero-order chi connectivity index (χ0) is 19.6. The number of rotatable bonds is 6. The summed E-state index contributed by atoms with van der Waals surface area (Å²) < 4.78 is 11.9. The molecule has 27 heavy (non-hydrogen) atoms. The number of ether oxygens (including phenoxy) is 2. The van der Waals surface area contributed by atoms with E-state index in [9.17, 15) is 9.90 Å². The summed E-state index contributed by atoms with van der Waals surface area (Å²) >= 11 is 5.44. The SMILES string of the molecule is COc1cc(Br)c(C(c2ccc(C)s2)N2CCCC(C(=O)O)C2)cc1OC. The minimum Gasteiger partial charge on any atom is -0.493 e. The summed E-state index contributed by atoms with van der Waals surface area (Å²) in [4.78, 5) is 16.3. The third-order valence-electron chi connectivity index (χ3n) is 5.00. The molecule has 0 amide bonds. The Balaban J connectivity index is 2.07. The number of carboxylic acid groups (broad SMARTS) is 1. The Labute approximate surface area is 172 Å². The van der Waals surface area contributed by atoms with Gasteiger partial charge in [-0.2, -0.15) is 0 Å². The first-order valence-electron chi connectivity index (χ1n) is 8.89. The molecular formula is C20H24BrNO4S. The quantitative estimate of drug-likeness (QED) is 0.685. The minimum atomic E-state index is -0.716. The average Bonchev–Trinajstić information content (AvgIpc) is 3.09. The molecule has 1 aliphatic rings. The van der Waals surface area contributed by atoms with Gasteiger partial charge in [0.25, 0.3) is 0 Å². The maximum absolute atomic E-state index is 11.6. The number of hydrogen-bond donors (Lipinski definition) is 1. The highest BCUT2D eigenvalue weighted by Gasteiger charge is 2.33. The predicted molar refractivity (Wildman–Crippen MR) is 110 cm³/mol. The molecule has 0 aliphatic carbocycles. The Hall–Kier alpha value is -1.57. The van der Waals surface area contributed by atoms with Crippen molar-refractivity contribution in [2.75, 3.05) is 27.3 Å². The van der Waals surface area contributed by atoms with Gasteiger partial charge in [-0.15, -0.1) is 11.3 Å². The lowest BCUT2D eigenvalue weighted by molar-refractivity contribution is -0.143. The van der Waals surface area contributed by atoms with Crippen LogP contribution in [0.4, 0.5) is 0 Å². The first kappa shape index (κ1) is 20.2. The summed E-state index contributed by atoms with van der Waals surface area (Å²) in [6, 6.07) is 8.13. The van der Waals surface area contributed by atoms with Gasteiger partial charge in [0.05, 0.1) is 26.2 Å². The molecule has 1 aliphatic heterocycles. The summed E-state index contributed by atoms with van der Waals surface area (Å²) in [6.45, 7) is 3.50. The predicted octanol–water partition coefficient (Wildman–Crippen LogP) is 4.72. The number of piperidine rings is 1. The number of halogens is 1. The first-order valence-corrected chi connectivity index (χ1v) is 10.5. The molecule has 146 valence electrons. The Morgan fingerprint density at radius 1 is 1.30 bits per heavy atom. The van der Waals surface area contributed by atoms with Crippen LogP contribution in [0.5, 0.6) is 11.5 Å². The fraction of sp³-hybridized carbons (Fsp3) is 0.450. The van der Waals surface area contributed by atoms with E-state index in [1.165, 1.54) is 9.75 Å². The number of aryl methyl sites for hydroxylation is 1. The lowest BCUT2D eigenvalue weighted by atomic mass is 9.94. The van der Waals surface area contributed by atoms with Crippen molar-refractivity contribution in [3.05, 3.63) is 44.1 Å². The van der Waals surface area contributed by atoms with Crippen LogP contribution in [-0.2, 0) is 4.79 Å². The van der Waals surface area contributed by atoms with Gasteiger partial charge in [0.15, 0.2) is 11.5 Å². The minimum absolute atomic E-state index is 0.0277. The molecule has 0 bridgehead atoms. The summed E-state index contributed by atoms with van der Waals surface area (Å²) in [5, 5.41) is 9.52. The Morgan fingerprint density at radius 2 is 2.00 bits per heavy atom. The van der Waals surface area contributed by atoms with Gasteiger partial charge in [-0.05, 0) is 56.1 Å². The van der Waals surface area contributed by atoms with Crippen molar-refractivity contribution in [3.8, 4) is 11.5 Å². The molecule has 1 aromatic heterocycles. The topological polar surface area (TPSA) is 59.0 Å². The van der Waals surface area contributed by atoms with Crippen molar-refractivity contribution >= 4 is 33.2 Å². The van der Waals surface area contributed by atoms with Crippen LogP contribution in [0.2, 0.25) is 0 Å². The molecule has 2 atom stereocenters. The summed E-state index contributed by atoms with van der Waals surface area (Å²) in [6.07, 6.45) is 1.61. The van der Waals surface area contributed by atoms with E-state index in [4.69, 9.17) is 9.47 Å². The molecule has 7 heteroatoms. The normalized spacial score (nSPS) is 18.9. The van der Waals surface area contributed by atoms with E-state index in [1.54, 1.807) is 25.6 Å². The number of nitrogens with zero attached hydrogens (tertiary/aromatic N) is 1. The van der Waals surface area contributed by atoms with E-state index in [1.807, 2.05) is 12.1 Å². The molecule has 0 spiro atoms. The fourth-order valence-corrected chi connectivity index (χ4v) is 5.22. The summed E-state index contributed by atoms with van der Waals surface area (Å²) in [5.41, 5.74) is 1.06. The van der Waals surface area contributed by atoms with Crippen LogP contribution in [0, 0.1) is 12.8 Å². The largest absolute Gasteiger partial charge is 0.493 e. The van der Waals surface area contributed by atoms with E-state index in [2.05, 4.69) is 39.9 Å². The van der Waals surface area contributed by atoms with Crippen LogP contribution in [0.3, 0.4) is 0 Å². The van der Waals surface area contributed by atoms with Crippen LogP contribution in [-0.4, -0.2) is 43.3 Å². The smallest absolute Gasteiger partial charge is 0.307 e. The second-order valence-electron chi connectivity index (χ2n) is 6.75. The lowest BCUT2D eigenvalue weighted by Gasteiger charge is -2.37. The van der Waals surface area contributed by atoms with Crippen LogP contribution in [0.15, 0.2) is 28.7 Å². The maximum atomic E-state index is 11.6. The number of carbonyl (C=O) groups is 1. The van der Waals surface area contributed by atoms with Crippen molar-refractivity contribution in [2.24, 2.45) is 5.92 Å². The van der Waals surface area contributed by atoms with E-state index in [0.717, 1.165) is 29.4 Å². The van der Waals surface area contributed by atoms with Crippen molar-refractivity contribution in [1.29, 1.82) is 0 Å². The van der Waals surface area contributed by atoms with Gasteiger partial charge >= 0.3 is 5.97 Å². The van der Waals surface area contributed by atoms with Crippen molar-refractivity contribution in [3.63, 3.8) is 0 Å². The van der Waals surface area contributed by atoms with Gasteiger partial charge in [0.1, 0.15) is 0 Å². The Bertz CT molecular complexity index is 822. The van der Waals surface area contributed by atoms with Gasteiger partial charge in [-0.25, -0.2) is 0 Å². The average molecular weight is 454 g/mol.